The van der Waals surface area contributed by atoms with E-state index in [9.17, 15) is 8.42 Å². The van der Waals surface area contributed by atoms with Gasteiger partial charge in [0.1, 0.15) is 18.3 Å². The third kappa shape index (κ3) is 4.46. The van der Waals surface area contributed by atoms with Crippen LogP contribution in [-0.4, -0.2) is 19.2 Å². The fourth-order valence-corrected chi connectivity index (χ4v) is 4.29. The second-order valence-corrected chi connectivity index (χ2v) is 9.67. The highest BCUT2D eigenvalue weighted by Gasteiger charge is 2.20. The highest BCUT2D eigenvalue weighted by molar-refractivity contribution is 7.92. The van der Waals surface area contributed by atoms with E-state index in [2.05, 4.69) is 41.4 Å². The van der Waals surface area contributed by atoms with Crippen LogP contribution < -0.4 is 4.72 Å². The minimum Gasteiger partial charge on any atom is -0.465 e. The van der Waals surface area contributed by atoms with Crippen molar-refractivity contribution < 1.29 is 17.9 Å². The lowest BCUT2D eigenvalue weighted by Gasteiger charge is -2.18. The molecular formula is C23H26N2O4S. The first-order chi connectivity index (χ1) is 14.3. The maximum Gasteiger partial charge on any atom is 0.229 e. The van der Waals surface area contributed by atoms with Crippen LogP contribution in [0.5, 0.6) is 0 Å². The van der Waals surface area contributed by atoms with Crippen molar-refractivity contribution in [3.8, 4) is 0 Å². The molecule has 30 heavy (non-hydrogen) atoms. The lowest BCUT2D eigenvalue weighted by molar-refractivity contribution is 0.273. The summed E-state index contributed by atoms with van der Waals surface area (Å²) < 4.78 is 39.7. The van der Waals surface area contributed by atoms with Crippen LogP contribution in [0.15, 0.2) is 66.5 Å². The number of hydrogen-bond donors (Lipinski definition) is 1. The summed E-state index contributed by atoms with van der Waals surface area (Å²) in [7, 11) is -3.35. The van der Waals surface area contributed by atoms with Crippen molar-refractivity contribution in [3.63, 3.8) is 0 Å². The van der Waals surface area contributed by atoms with Crippen molar-refractivity contribution in [2.45, 2.75) is 39.2 Å². The van der Waals surface area contributed by atoms with Crippen LogP contribution in [-0.2, 0) is 19.5 Å². The molecule has 2 aliphatic rings. The summed E-state index contributed by atoms with van der Waals surface area (Å²) in [5, 5.41) is 0.971. The predicted molar refractivity (Wildman–Crippen MR) is 120 cm³/mol. The molecule has 0 saturated carbocycles. The molecule has 158 valence electrons. The monoisotopic (exact) mass is 426 g/mol. The molecule has 1 aromatic carbocycles. The number of allylic oxidation sites excluding steroid dienone is 4. The summed E-state index contributed by atoms with van der Waals surface area (Å²) in [5.74, 6) is 1.42. The molecule has 1 aromatic heterocycles. The number of aromatic nitrogens is 1. The number of nitrogens with one attached hydrogen (secondary N) is 1. The highest BCUT2D eigenvalue weighted by atomic mass is 32.2. The van der Waals surface area contributed by atoms with E-state index in [0.29, 0.717) is 17.9 Å². The van der Waals surface area contributed by atoms with E-state index >= 15 is 0 Å². The minimum absolute atomic E-state index is 0.189. The highest BCUT2D eigenvalue weighted by Crippen LogP contribution is 2.35. The Hall–Kier alpha value is -2.93. The zero-order valence-corrected chi connectivity index (χ0v) is 18.2. The molecule has 1 aliphatic carbocycles. The maximum atomic E-state index is 11.6. The van der Waals surface area contributed by atoms with E-state index in [0.717, 1.165) is 41.3 Å². The molecule has 0 atom stereocenters. The number of ether oxygens (including phenoxy) is 2. The average molecular weight is 427 g/mol. The molecule has 2 aromatic rings. The van der Waals surface area contributed by atoms with Crippen molar-refractivity contribution in [1.82, 2.24) is 4.57 Å². The molecular weight excluding hydrogens is 400 g/mol. The van der Waals surface area contributed by atoms with Gasteiger partial charge in [0.05, 0.1) is 17.5 Å². The van der Waals surface area contributed by atoms with E-state index in [-0.39, 0.29) is 6.04 Å². The first-order valence-corrected chi connectivity index (χ1v) is 11.9. The van der Waals surface area contributed by atoms with Crippen molar-refractivity contribution in [2.24, 2.45) is 0 Å². The molecule has 0 spiro atoms. The van der Waals surface area contributed by atoms with E-state index in [4.69, 9.17) is 9.47 Å². The van der Waals surface area contributed by atoms with Gasteiger partial charge in [0.15, 0.2) is 5.76 Å². The first-order valence-electron chi connectivity index (χ1n) is 10.00. The molecule has 0 amide bonds. The van der Waals surface area contributed by atoms with Crippen molar-refractivity contribution >= 4 is 32.4 Å². The smallest absolute Gasteiger partial charge is 0.229 e. The number of benzene rings is 1. The van der Waals surface area contributed by atoms with Gasteiger partial charge < -0.3 is 14.0 Å². The molecule has 4 rings (SSSR count). The fourth-order valence-electron chi connectivity index (χ4n) is 3.73. The largest absolute Gasteiger partial charge is 0.465 e. The SMILES string of the molecule is CC(C)n1cc(C2=COC=C(CC3=CC=CCC3)O2)c2ccc(NS(C)(=O)=O)cc21. The zero-order chi connectivity index (χ0) is 21.3. The van der Waals surface area contributed by atoms with Crippen LogP contribution in [0.4, 0.5) is 5.69 Å². The van der Waals surface area contributed by atoms with Crippen LogP contribution >= 0.6 is 0 Å². The van der Waals surface area contributed by atoms with E-state index in [1.54, 1.807) is 18.6 Å². The number of sulfonamides is 1. The third-order valence-corrected chi connectivity index (χ3v) is 5.68. The van der Waals surface area contributed by atoms with Gasteiger partial charge in [-0.05, 0) is 44.9 Å². The third-order valence-electron chi connectivity index (χ3n) is 5.08. The molecule has 7 heteroatoms. The summed E-state index contributed by atoms with van der Waals surface area (Å²) in [6, 6.07) is 5.71. The molecule has 0 radical (unpaired) electrons. The van der Waals surface area contributed by atoms with Gasteiger partial charge >= 0.3 is 0 Å². The van der Waals surface area contributed by atoms with Crippen LogP contribution in [0, 0.1) is 0 Å². The Balaban J connectivity index is 1.66. The molecule has 1 N–H and O–H groups in total. The zero-order valence-electron chi connectivity index (χ0n) is 17.4. The molecule has 2 heterocycles. The fraction of sp³-hybridized carbons (Fsp3) is 0.304. The molecule has 0 bridgehead atoms. The number of fused-ring (bicyclic) bond motifs is 1. The second kappa shape index (κ2) is 8.07. The Morgan fingerprint density at radius 3 is 2.77 bits per heavy atom. The van der Waals surface area contributed by atoms with Gasteiger partial charge in [0.25, 0.3) is 0 Å². The number of nitrogens with zero attached hydrogens (tertiary/aromatic N) is 1. The van der Waals surface area contributed by atoms with E-state index < -0.39 is 10.0 Å². The molecule has 0 saturated heterocycles. The van der Waals surface area contributed by atoms with E-state index in [1.807, 2.05) is 18.3 Å². The minimum atomic E-state index is -3.35. The van der Waals surface area contributed by atoms with Crippen molar-refractivity contribution in [3.05, 3.63) is 72.0 Å². The number of hydrogen-bond acceptors (Lipinski definition) is 4. The molecule has 0 unspecified atom stereocenters. The first kappa shape index (κ1) is 20.3. The lowest BCUT2D eigenvalue weighted by atomic mass is 10.0. The normalized spacial score (nSPS) is 16.6. The van der Waals surface area contributed by atoms with Crippen LogP contribution in [0.25, 0.3) is 16.7 Å². The Morgan fingerprint density at radius 1 is 1.23 bits per heavy atom. The number of anilines is 1. The van der Waals surface area contributed by atoms with Gasteiger partial charge in [-0.3, -0.25) is 4.72 Å². The standard InChI is InChI=1S/C23H26N2O4S/c1-16(2)25-13-21(20-10-9-18(12-22(20)25)24-30(3,26)27)23-15-28-14-19(29-23)11-17-7-5-4-6-8-17/h4-5,7,9-10,12-16,24H,6,8,11H2,1-3H3. The summed E-state index contributed by atoms with van der Waals surface area (Å²) >= 11 is 0. The Morgan fingerprint density at radius 2 is 2.07 bits per heavy atom. The summed E-state index contributed by atoms with van der Waals surface area (Å²) in [6.45, 7) is 4.17. The van der Waals surface area contributed by atoms with Crippen molar-refractivity contribution in [1.29, 1.82) is 0 Å². The van der Waals surface area contributed by atoms with Crippen LogP contribution in [0.2, 0.25) is 0 Å². The maximum absolute atomic E-state index is 11.6. The second-order valence-electron chi connectivity index (χ2n) is 7.92. The summed E-state index contributed by atoms with van der Waals surface area (Å²) in [5.41, 5.74) is 3.68. The summed E-state index contributed by atoms with van der Waals surface area (Å²) in [4.78, 5) is 0. The van der Waals surface area contributed by atoms with Crippen LogP contribution in [0.1, 0.15) is 44.7 Å². The van der Waals surface area contributed by atoms with Crippen LogP contribution in [0.3, 0.4) is 0 Å². The predicted octanol–water partition coefficient (Wildman–Crippen LogP) is 5.45. The topological polar surface area (TPSA) is 69.6 Å². The summed E-state index contributed by atoms with van der Waals surface area (Å²) in [6.07, 6.45) is 15.6. The number of rotatable bonds is 6. The Labute approximate surface area is 177 Å². The average Bonchev–Trinajstić information content (AvgIpc) is 3.07. The quantitative estimate of drug-likeness (QED) is 0.667. The van der Waals surface area contributed by atoms with Crippen molar-refractivity contribution in [2.75, 3.05) is 11.0 Å². The Kier molecular flexibility index (Phi) is 5.47. The molecule has 0 fully saturated rings. The van der Waals surface area contributed by atoms with E-state index in [1.165, 1.54) is 5.57 Å². The molecule has 1 aliphatic heterocycles. The van der Waals surface area contributed by atoms with Gasteiger partial charge in [-0.15, -0.1) is 0 Å². The van der Waals surface area contributed by atoms with Gasteiger partial charge in [0.2, 0.25) is 10.0 Å². The van der Waals surface area contributed by atoms with Gasteiger partial charge in [-0.2, -0.15) is 0 Å². The molecule has 6 nitrogen and oxygen atoms in total. The van der Waals surface area contributed by atoms with Gasteiger partial charge in [-0.1, -0.05) is 23.8 Å². The lowest BCUT2D eigenvalue weighted by Crippen LogP contribution is -2.09. The Bertz CT molecular complexity index is 1200. The van der Waals surface area contributed by atoms with Gasteiger partial charge in [-0.25, -0.2) is 8.42 Å². The van der Waals surface area contributed by atoms with Gasteiger partial charge in [0, 0.05) is 29.6 Å².